The second kappa shape index (κ2) is 8.58. The van der Waals surface area contributed by atoms with Gasteiger partial charge in [-0.1, -0.05) is 6.07 Å². The van der Waals surface area contributed by atoms with Gasteiger partial charge in [0, 0.05) is 43.6 Å². The van der Waals surface area contributed by atoms with Gasteiger partial charge in [-0.3, -0.25) is 4.79 Å². The number of nitrogens with one attached hydrogen (secondary N) is 1. The summed E-state index contributed by atoms with van der Waals surface area (Å²) in [7, 11) is 2.18. The molecule has 0 aromatic heterocycles. The lowest BCUT2D eigenvalue weighted by Gasteiger charge is -2.35. The topological polar surface area (TPSA) is 38.8 Å². The van der Waals surface area contributed by atoms with E-state index in [0.717, 1.165) is 52.1 Å². The van der Waals surface area contributed by atoms with Crippen molar-refractivity contribution < 1.29 is 4.79 Å². The van der Waals surface area contributed by atoms with Crippen LogP contribution >= 0.6 is 24.8 Å². The Hall–Kier alpha value is -1.01. The summed E-state index contributed by atoms with van der Waals surface area (Å²) in [5.41, 5.74) is 3.63. The first kappa shape index (κ1) is 20.3. The van der Waals surface area contributed by atoms with Crippen molar-refractivity contribution in [3.8, 4) is 0 Å². The summed E-state index contributed by atoms with van der Waals surface area (Å²) >= 11 is 0. The number of piperidine rings is 1. The molecular weight excluding hydrogens is 359 g/mol. The Morgan fingerprint density at radius 1 is 1.04 bits per heavy atom. The van der Waals surface area contributed by atoms with Crippen LogP contribution in [0.1, 0.15) is 18.4 Å². The highest BCUT2D eigenvalue weighted by molar-refractivity contribution is 6.02. The summed E-state index contributed by atoms with van der Waals surface area (Å²) in [5.74, 6) is 0.280. The maximum atomic E-state index is 12.5. The Bertz CT molecular complexity index is 599. The lowest BCUT2D eigenvalue weighted by atomic mass is 10.0. The standard InChI is InChI=1S/C18H26N4O.2ClH/c1-20-8-10-21(11-9-20)16-3-2-14-12-18(23)22(17(14)13-16)15-4-6-19-7-5-15;;/h2-3,13,15,19H,4-12H2,1H3;2*1H. The predicted octanol–water partition coefficient (Wildman–Crippen LogP) is 1.92. The number of likely N-dealkylation sites (N-methyl/N-ethyl adjacent to an activating group) is 1. The predicted molar refractivity (Wildman–Crippen MR) is 108 cm³/mol. The molecule has 3 aliphatic rings. The van der Waals surface area contributed by atoms with Gasteiger partial charge in [0.25, 0.3) is 0 Å². The van der Waals surface area contributed by atoms with E-state index >= 15 is 0 Å². The first-order valence-corrected chi connectivity index (χ1v) is 8.81. The summed E-state index contributed by atoms with van der Waals surface area (Å²) in [6.45, 7) is 6.37. The van der Waals surface area contributed by atoms with Crippen LogP contribution < -0.4 is 15.1 Å². The third-order valence-corrected chi connectivity index (χ3v) is 5.48. The van der Waals surface area contributed by atoms with Crippen LogP contribution in [0.2, 0.25) is 0 Å². The average molecular weight is 387 g/mol. The maximum Gasteiger partial charge on any atom is 0.231 e. The minimum absolute atomic E-state index is 0. The molecule has 140 valence electrons. The van der Waals surface area contributed by atoms with Gasteiger partial charge in [-0.25, -0.2) is 0 Å². The van der Waals surface area contributed by atoms with Crippen molar-refractivity contribution in [2.75, 3.05) is 56.1 Å². The van der Waals surface area contributed by atoms with E-state index in [1.54, 1.807) is 0 Å². The molecule has 7 heteroatoms. The van der Waals surface area contributed by atoms with E-state index < -0.39 is 0 Å². The Morgan fingerprint density at radius 2 is 1.72 bits per heavy atom. The fourth-order valence-electron chi connectivity index (χ4n) is 4.03. The third-order valence-electron chi connectivity index (χ3n) is 5.48. The van der Waals surface area contributed by atoms with Crippen LogP contribution in [0.5, 0.6) is 0 Å². The molecule has 0 bridgehead atoms. The monoisotopic (exact) mass is 386 g/mol. The van der Waals surface area contributed by atoms with Gasteiger partial charge < -0.3 is 20.0 Å². The number of rotatable bonds is 2. The van der Waals surface area contributed by atoms with E-state index in [0.29, 0.717) is 12.5 Å². The highest BCUT2D eigenvalue weighted by Gasteiger charge is 2.34. The number of amides is 1. The van der Waals surface area contributed by atoms with Gasteiger partial charge in [-0.15, -0.1) is 24.8 Å². The van der Waals surface area contributed by atoms with Gasteiger partial charge in [0.15, 0.2) is 0 Å². The normalized spacial score (nSPS) is 21.6. The van der Waals surface area contributed by atoms with E-state index in [-0.39, 0.29) is 30.7 Å². The van der Waals surface area contributed by atoms with Crippen molar-refractivity contribution >= 4 is 42.1 Å². The molecule has 1 N–H and O–H groups in total. The molecular formula is C18H28Cl2N4O. The lowest BCUT2D eigenvalue weighted by Crippen LogP contribution is -2.45. The highest BCUT2D eigenvalue weighted by atomic mass is 35.5. The smallest absolute Gasteiger partial charge is 0.231 e. The lowest BCUT2D eigenvalue weighted by molar-refractivity contribution is -0.117. The van der Waals surface area contributed by atoms with Crippen molar-refractivity contribution in [2.24, 2.45) is 0 Å². The zero-order valence-electron chi connectivity index (χ0n) is 14.7. The van der Waals surface area contributed by atoms with Gasteiger partial charge in [-0.2, -0.15) is 0 Å². The molecule has 1 aromatic rings. The number of halogens is 2. The zero-order chi connectivity index (χ0) is 15.8. The molecule has 3 heterocycles. The Balaban J connectivity index is 0.00000113. The highest BCUT2D eigenvalue weighted by Crippen LogP contribution is 2.36. The van der Waals surface area contributed by atoms with Crippen molar-refractivity contribution in [2.45, 2.75) is 25.3 Å². The molecule has 1 aromatic carbocycles. The Morgan fingerprint density at radius 3 is 2.40 bits per heavy atom. The van der Waals surface area contributed by atoms with Crippen molar-refractivity contribution in [1.29, 1.82) is 0 Å². The number of benzene rings is 1. The molecule has 0 radical (unpaired) electrons. The number of anilines is 2. The molecule has 2 fully saturated rings. The van der Waals surface area contributed by atoms with Crippen molar-refractivity contribution in [3.05, 3.63) is 23.8 Å². The summed E-state index contributed by atoms with van der Waals surface area (Å²) in [4.78, 5) is 19.5. The van der Waals surface area contributed by atoms with Gasteiger partial charge in [0.2, 0.25) is 5.91 Å². The van der Waals surface area contributed by atoms with Gasteiger partial charge in [-0.05, 0) is 50.7 Å². The second-order valence-corrected chi connectivity index (χ2v) is 7.03. The van der Waals surface area contributed by atoms with Crippen LogP contribution in [0.15, 0.2) is 18.2 Å². The molecule has 4 rings (SSSR count). The fourth-order valence-corrected chi connectivity index (χ4v) is 4.03. The Labute approximate surface area is 162 Å². The first-order chi connectivity index (χ1) is 11.2. The van der Waals surface area contributed by atoms with Crippen molar-refractivity contribution in [1.82, 2.24) is 10.2 Å². The summed E-state index contributed by atoms with van der Waals surface area (Å²) in [6.07, 6.45) is 2.69. The van der Waals surface area contributed by atoms with Crippen LogP contribution in [-0.4, -0.2) is 63.2 Å². The quantitative estimate of drug-likeness (QED) is 0.842. The number of hydrogen-bond donors (Lipinski definition) is 1. The molecule has 3 aliphatic heterocycles. The zero-order valence-corrected chi connectivity index (χ0v) is 16.4. The minimum atomic E-state index is 0. The number of carbonyl (C=O) groups excluding carboxylic acids is 1. The number of carbonyl (C=O) groups is 1. The largest absolute Gasteiger partial charge is 0.369 e. The van der Waals surface area contributed by atoms with Crippen LogP contribution in [0.25, 0.3) is 0 Å². The van der Waals surface area contributed by atoms with E-state index in [9.17, 15) is 4.79 Å². The second-order valence-electron chi connectivity index (χ2n) is 7.03. The molecule has 1 amide bonds. The average Bonchev–Trinajstić information content (AvgIpc) is 2.91. The molecule has 5 nitrogen and oxygen atoms in total. The molecule has 0 atom stereocenters. The molecule has 0 saturated carbocycles. The van der Waals surface area contributed by atoms with E-state index in [1.165, 1.54) is 16.9 Å². The molecule has 0 unspecified atom stereocenters. The Kier molecular flexibility index (Phi) is 6.97. The molecule has 25 heavy (non-hydrogen) atoms. The fraction of sp³-hybridized carbons (Fsp3) is 0.611. The van der Waals surface area contributed by atoms with E-state index in [2.05, 4.69) is 45.3 Å². The molecule has 0 aliphatic carbocycles. The van der Waals surface area contributed by atoms with Crippen LogP contribution in [0.4, 0.5) is 11.4 Å². The number of nitrogens with zero attached hydrogens (tertiary/aromatic N) is 3. The summed E-state index contributed by atoms with van der Waals surface area (Å²) < 4.78 is 0. The number of piperazine rings is 1. The SMILES string of the molecule is CN1CCN(c2ccc3c(c2)N(C2CCNCC2)C(=O)C3)CC1.Cl.Cl. The van der Waals surface area contributed by atoms with Crippen molar-refractivity contribution in [3.63, 3.8) is 0 Å². The van der Waals surface area contributed by atoms with Crippen LogP contribution in [0.3, 0.4) is 0 Å². The van der Waals surface area contributed by atoms with Gasteiger partial charge >= 0.3 is 0 Å². The molecule has 2 saturated heterocycles. The third kappa shape index (κ3) is 4.05. The van der Waals surface area contributed by atoms with Gasteiger partial charge in [0.05, 0.1) is 6.42 Å². The summed E-state index contributed by atoms with van der Waals surface area (Å²) in [6, 6.07) is 6.99. The van der Waals surface area contributed by atoms with Crippen LogP contribution in [-0.2, 0) is 11.2 Å². The maximum absolute atomic E-state index is 12.5. The summed E-state index contributed by atoms with van der Waals surface area (Å²) in [5, 5.41) is 3.39. The van der Waals surface area contributed by atoms with E-state index in [4.69, 9.17) is 0 Å². The van der Waals surface area contributed by atoms with E-state index in [1.807, 2.05) is 0 Å². The number of fused-ring (bicyclic) bond motifs is 1. The first-order valence-electron chi connectivity index (χ1n) is 8.81. The van der Waals surface area contributed by atoms with Gasteiger partial charge in [0.1, 0.15) is 0 Å². The minimum Gasteiger partial charge on any atom is -0.369 e. The molecule has 0 spiro atoms. The number of hydrogen-bond acceptors (Lipinski definition) is 4. The van der Waals surface area contributed by atoms with Crippen LogP contribution in [0, 0.1) is 0 Å².